The fourth-order valence-corrected chi connectivity index (χ4v) is 3.55. The number of nitrogens with zero attached hydrogens (tertiary/aromatic N) is 5. The first-order chi connectivity index (χ1) is 15.7. The van der Waals surface area contributed by atoms with Crippen LogP contribution in [0.4, 0.5) is 33.7 Å². The van der Waals surface area contributed by atoms with Crippen LogP contribution in [0, 0.1) is 11.6 Å². The summed E-state index contributed by atoms with van der Waals surface area (Å²) in [6.07, 6.45) is -1.96. The van der Waals surface area contributed by atoms with Gasteiger partial charge in [0.25, 0.3) is 5.91 Å². The van der Waals surface area contributed by atoms with E-state index in [0.717, 1.165) is 26.9 Å². The van der Waals surface area contributed by atoms with Crippen LogP contribution in [-0.2, 0) is 9.53 Å². The molecule has 2 saturated heterocycles. The zero-order valence-corrected chi connectivity index (χ0v) is 17.5. The van der Waals surface area contributed by atoms with Crippen LogP contribution in [0.5, 0.6) is 0 Å². The number of hydrazone groups is 1. The molecule has 2 fully saturated rings. The molecule has 0 aromatic heterocycles. The minimum Gasteiger partial charge on any atom is -0.442 e. The molecule has 0 spiro atoms. The summed E-state index contributed by atoms with van der Waals surface area (Å²) in [6, 6.07) is 1.94. The van der Waals surface area contributed by atoms with Gasteiger partial charge >= 0.3 is 12.5 Å². The molecule has 0 aliphatic carbocycles. The van der Waals surface area contributed by atoms with Crippen molar-refractivity contribution in [3.05, 3.63) is 36.2 Å². The molecule has 3 rings (SSSR count). The number of hydrogen-bond acceptors (Lipinski definition) is 8. The van der Waals surface area contributed by atoms with Gasteiger partial charge in [-0.2, -0.15) is 13.9 Å². The zero-order chi connectivity index (χ0) is 24.1. The fourth-order valence-electron chi connectivity index (χ4n) is 3.55. The Morgan fingerprint density at radius 1 is 1.33 bits per heavy atom. The third-order valence-electron chi connectivity index (χ3n) is 5.06. The van der Waals surface area contributed by atoms with Crippen LogP contribution >= 0.6 is 0 Å². The first kappa shape index (κ1) is 24.1. The molecule has 2 aliphatic heterocycles. The summed E-state index contributed by atoms with van der Waals surface area (Å²) < 4.78 is 60.4. The zero-order valence-electron chi connectivity index (χ0n) is 17.5. The van der Waals surface area contributed by atoms with Gasteiger partial charge in [-0.15, -0.1) is 0 Å². The highest BCUT2D eigenvalue weighted by Gasteiger charge is 2.35. The Bertz CT molecular complexity index is 910. The van der Waals surface area contributed by atoms with E-state index in [0.29, 0.717) is 0 Å². The van der Waals surface area contributed by atoms with Crippen molar-refractivity contribution in [2.45, 2.75) is 12.5 Å². The lowest BCUT2D eigenvalue weighted by Crippen LogP contribution is -2.40. The molecule has 14 heteroatoms. The van der Waals surface area contributed by atoms with Crippen LogP contribution in [0.3, 0.4) is 0 Å². The van der Waals surface area contributed by atoms with Crippen LogP contribution in [0.15, 0.2) is 29.6 Å². The number of nitrogens with two attached hydrogens (primary N) is 1. The van der Waals surface area contributed by atoms with Crippen LogP contribution in [0.2, 0.25) is 0 Å². The number of benzene rings is 1. The second-order valence-electron chi connectivity index (χ2n) is 7.17. The van der Waals surface area contributed by atoms with Gasteiger partial charge in [0.1, 0.15) is 11.8 Å². The number of carbonyl (C=O) groups excluding carboxylic acids is 2. The largest absolute Gasteiger partial charge is 0.442 e. The van der Waals surface area contributed by atoms with E-state index in [1.54, 1.807) is 0 Å². The summed E-state index contributed by atoms with van der Waals surface area (Å²) in [5, 5.41) is 6.16. The van der Waals surface area contributed by atoms with E-state index in [4.69, 9.17) is 10.5 Å². The Labute approximate surface area is 186 Å². The topological polar surface area (TPSA) is 107 Å². The molecule has 1 aromatic carbocycles. The highest BCUT2D eigenvalue weighted by molar-refractivity contribution is 5.90. The number of alkyl halides is 2. The molecular formula is C19H23F4N7O3. The lowest BCUT2D eigenvalue weighted by Gasteiger charge is -2.25. The van der Waals surface area contributed by atoms with Gasteiger partial charge in [0.05, 0.1) is 25.3 Å². The van der Waals surface area contributed by atoms with Gasteiger partial charge in [-0.3, -0.25) is 14.7 Å². The fraction of sp³-hybridized carbons (Fsp3) is 0.421. The minimum atomic E-state index is -3.16. The summed E-state index contributed by atoms with van der Waals surface area (Å²) >= 11 is 0. The molecule has 33 heavy (non-hydrogen) atoms. The Hall–Kier alpha value is -3.55. The summed E-state index contributed by atoms with van der Waals surface area (Å²) in [6.45, 7) is 3.21. The van der Waals surface area contributed by atoms with Crippen molar-refractivity contribution < 1.29 is 31.9 Å². The normalized spacial score (nSPS) is 19.2. The third-order valence-corrected chi connectivity index (χ3v) is 5.06. The molecular weight excluding hydrogens is 450 g/mol. The molecule has 0 bridgehead atoms. The minimum absolute atomic E-state index is 0.00809. The maximum absolute atomic E-state index is 14.9. The van der Waals surface area contributed by atoms with Crippen molar-refractivity contribution in [3.8, 4) is 0 Å². The Morgan fingerprint density at radius 2 is 2.03 bits per heavy atom. The molecule has 2 heterocycles. The number of carbonyl (C=O) groups is 2. The summed E-state index contributed by atoms with van der Waals surface area (Å²) in [4.78, 5) is 25.8. The van der Waals surface area contributed by atoms with Crippen molar-refractivity contribution in [1.29, 1.82) is 0 Å². The van der Waals surface area contributed by atoms with Gasteiger partial charge in [0, 0.05) is 50.9 Å². The second-order valence-corrected chi connectivity index (χ2v) is 7.17. The standard InChI is InChI=1S/C19H23F4N7O3/c1-25-28(4-2-24)10-13-11-29(19(32)33-13)12-8-14(20)16(15(21)9-12)30-7-6-27(5-3-26-30)18(31)17(22)23/h2,4,8-9,13,17,26H,1,3,5-7,10-11,24H2/b4-2-/t13-/m0/s1. The molecule has 1 aromatic rings. The maximum Gasteiger partial charge on any atom is 0.414 e. The number of nitrogens with one attached hydrogen (secondary N) is 1. The first-order valence-electron chi connectivity index (χ1n) is 9.92. The molecule has 3 N–H and O–H groups in total. The lowest BCUT2D eigenvalue weighted by molar-refractivity contribution is -0.142. The Balaban J connectivity index is 1.73. The number of rotatable bonds is 7. The van der Waals surface area contributed by atoms with E-state index < -0.39 is 41.9 Å². The quantitative estimate of drug-likeness (QED) is 0.347. The van der Waals surface area contributed by atoms with Crippen LogP contribution in [-0.4, -0.2) is 80.4 Å². The average Bonchev–Trinajstić information content (AvgIpc) is 2.97. The number of hydrazine groups is 1. The number of anilines is 2. The Kier molecular flexibility index (Phi) is 7.58. The molecule has 10 nitrogen and oxygen atoms in total. The average molecular weight is 473 g/mol. The van der Waals surface area contributed by atoms with Crippen LogP contribution < -0.4 is 21.1 Å². The molecule has 0 unspecified atom stereocenters. The van der Waals surface area contributed by atoms with Crippen molar-refractivity contribution in [2.24, 2.45) is 10.8 Å². The van der Waals surface area contributed by atoms with Gasteiger partial charge in [0.15, 0.2) is 11.6 Å². The highest BCUT2D eigenvalue weighted by Crippen LogP contribution is 2.31. The van der Waals surface area contributed by atoms with Crippen molar-refractivity contribution in [2.75, 3.05) is 49.2 Å². The van der Waals surface area contributed by atoms with E-state index >= 15 is 0 Å². The predicted molar refractivity (Wildman–Crippen MR) is 111 cm³/mol. The van der Waals surface area contributed by atoms with E-state index in [-0.39, 0.29) is 45.0 Å². The molecule has 0 saturated carbocycles. The first-order valence-corrected chi connectivity index (χ1v) is 9.92. The molecule has 2 amide bonds. The van der Waals surface area contributed by atoms with Gasteiger partial charge < -0.3 is 20.4 Å². The van der Waals surface area contributed by atoms with Gasteiger partial charge in [-0.1, -0.05) is 0 Å². The smallest absolute Gasteiger partial charge is 0.414 e. The Morgan fingerprint density at radius 3 is 2.64 bits per heavy atom. The van der Waals surface area contributed by atoms with E-state index in [9.17, 15) is 27.2 Å². The van der Waals surface area contributed by atoms with E-state index in [1.165, 1.54) is 17.4 Å². The summed E-state index contributed by atoms with van der Waals surface area (Å²) in [5.41, 5.74) is 7.51. The summed E-state index contributed by atoms with van der Waals surface area (Å²) in [5.74, 6) is -3.31. The lowest BCUT2D eigenvalue weighted by atomic mass is 10.2. The molecule has 180 valence electrons. The van der Waals surface area contributed by atoms with Gasteiger partial charge in [-0.25, -0.2) is 19.0 Å². The van der Waals surface area contributed by atoms with E-state index in [2.05, 4.69) is 17.2 Å². The molecule has 0 radical (unpaired) electrons. The number of ether oxygens (including phenoxy) is 1. The van der Waals surface area contributed by atoms with Crippen molar-refractivity contribution in [3.63, 3.8) is 0 Å². The van der Waals surface area contributed by atoms with Gasteiger partial charge in [-0.05, 0) is 0 Å². The van der Waals surface area contributed by atoms with Crippen molar-refractivity contribution in [1.82, 2.24) is 15.3 Å². The molecule has 2 aliphatic rings. The summed E-state index contributed by atoms with van der Waals surface area (Å²) in [7, 11) is 0. The van der Waals surface area contributed by atoms with Crippen LogP contribution in [0.1, 0.15) is 0 Å². The molecule has 1 atom stereocenters. The van der Waals surface area contributed by atoms with Crippen LogP contribution in [0.25, 0.3) is 0 Å². The number of cyclic esters (lactones) is 1. The monoisotopic (exact) mass is 473 g/mol. The maximum atomic E-state index is 14.9. The SMILES string of the molecule is C=NN(/C=C\N)C[C@H]1CN(c2cc(F)c(N3CCN(C(=O)C(F)F)CCN3)c(F)c2)C(=O)O1. The predicted octanol–water partition coefficient (Wildman–Crippen LogP) is 1.06. The third kappa shape index (κ3) is 5.45. The van der Waals surface area contributed by atoms with Gasteiger partial charge in [0.2, 0.25) is 0 Å². The van der Waals surface area contributed by atoms with E-state index in [1.807, 2.05) is 0 Å². The number of hydrogen-bond donors (Lipinski definition) is 2. The van der Waals surface area contributed by atoms with Crippen molar-refractivity contribution >= 4 is 30.1 Å². The highest BCUT2D eigenvalue weighted by atomic mass is 19.3. The second kappa shape index (κ2) is 10.4. The number of halogens is 4. The number of amides is 2.